The topological polar surface area (TPSA) is 26.8 Å². The van der Waals surface area contributed by atoms with Crippen LogP contribution in [0.4, 0.5) is 4.39 Å². The van der Waals surface area contributed by atoms with Crippen molar-refractivity contribution in [3.63, 3.8) is 0 Å². The van der Waals surface area contributed by atoms with Crippen molar-refractivity contribution in [3.05, 3.63) is 35.6 Å². The van der Waals surface area contributed by atoms with Crippen LogP contribution < -0.4 is 0 Å². The number of carbonyl (C=O) groups excluding carboxylic acids is 1. The zero-order valence-electron chi connectivity index (χ0n) is 15.4. The van der Waals surface area contributed by atoms with E-state index >= 15 is 0 Å². The molecule has 1 aliphatic rings. The van der Waals surface area contributed by atoms with E-state index in [2.05, 4.69) is 16.8 Å². The summed E-state index contributed by atoms with van der Waals surface area (Å²) >= 11 is 0. The normalized spacial score (nSPS) is 17.0. The van der Waals surface area contributed by atoms with Gasteiger partial charge in [-0.25, -0.2) is 4.39 Å². The molecule has 1 aromatic carbocycles. The quantitative estimate of drug-likeness (QED) is 0.797. The molecule has 0 spiro atoms. The highest BCUT2D eigenvalue weighted by atomic mass is 19.1. The highest BCUT2D eigenvalue weighted by Gasteiger charge is 2.34. The van der Waals surface area contributed by atoms with Gasteiger partial charge in [0.15, 0.2) is 0 Å². The molecule has 1 fully saturated rings. The summed E-state index contributed by atoms with van der Waals surface area (Å²) in [5, 5.41) is 0. The number of piperazine rings is 1. The third kappa shape index (κ3) is 4.54. The number of benzene rings is 1. The third-order valence-electron chi connectivity index (χ3n) is 4.99. The van der Waals surface area contributed by atoms with Gasteiger partial charge in [0.25, 0.3) is 0 Å². The van der Waals surface area contributed by atoms with Crippen LogP contribution in [0.5, 0.6) is 0 Å². The summed E-state index contributed by atoms with van der Waals surface area (Å²) in [7, 11) is 3.96. The van der Waals surface area contributed by atoms with Gasteiger partial charge < -0.3 is 14.7 Å². The molecule has 1 amide bonds. The number of halogens is 1. The molecule has 2 rings (SSSR count). The van der Waals surface area contributed by atoms with Crippen LogP contribution in [-0.2, 0) is 10.2 Å². The van der Waals surface area contributed by atoms with Gasteiger partial charge in [-0.3, -0.25) is 4.79 Å². The lowest BCUT2D eigenvalue weighted by molar-refractivity contribution is -0.135. The molecular formula is C19H30FN3O. The monoisotopic (exact) mass is 335 g/mol. The highest BCUT2D eigenvalue weighted by molar-refractivity contribution is 5.87. The van der Waals surface area contributed by atoms with Crippen LogP contribution >= 0.6 is 0 Å². The Morgan fingerprint density at radius 1 is 1.21 bits per heavy atom. The van der Waals surface area contributed by atoms with Gasteiger partial charge in [-0.15, -0.1) is 0 Å². The first kappa shape index (κ1) is 18.9. The molecule has 0 aliphatic carbocycles. The first-order valence-corrected chi connectivity index (χ1v) is 8.74. The van der Waals surface area contributed by atoms with Gasteiger partial charge in [0, 0.05) is 45.3 Å². The number of hydrogen-bond donors (Lipinski definition) is 0. The third-order valence-corrected chi connectivity index (χ3v) is 4.99. The van der Waals surface area contributed by atoms with Crippen LogP contribution in [0, 0.1) is 5.82 Å². The molecule has 1 saturated heterocycles. The average molecular weight is 335 g/mol. The number of likely N-dealkylation sites (N-methyl/N-ethyl adjacent to an activating group) is 2. The lowest BCUT2D eigenvalue weighted by Crippen LogP contribution is -2.46. The lowest BCUT2D eigenvalue weighted by Gasteiger charge is -2.33. The van der Waals surface area contributed by atoms with Crippen molar-refractivity contribution in [2.75, 3.05) is 53.4 Å². The van der Waals surface area contributed by atoms with Gasteiger partial charge in [0.05, 0.1) is 5.41 Å². The molecule has 24 heavy (non-hydrogen) atoms. The molecule has 134 valence electrons. The maximum atomic E-state index is 14.1. The van der Waals surface area contributed by atoms with Crippen LogP contribution in [0.2, 0.25) is 0 Å². The molecule has 5 heteroatoms. The predicted molar refractivity (Wildman–Crippen MR) is 95.6 cm³/mol. The fourth-order valence-corrected chi connectivity index (χ4v) is 3.26. The summed E-state index contributed by atoms with van der Waals surface area (Å²) in [6.07, 6.45) is 0.944. The largest absolute Gasteiger partial charge is 0.345 e. The molecular weight excluding hydrogens is 305 g/mol. The van der Waals surface area contributed by atoms with Crippen LogP contribution in [0.25, 0.3) is 0 Å². The zero-order valence-corrected chi connectivity index (χ0v) is 15.4. The number of carbonyl (C=O) groups is 1. The fourth-order valence-electron chi connectivity index (χ4n) is 3.26. The minimum Gasteiger partial charge on any atom is -0.345 e. The Morgan fingerprint density at radius 3 is 2.46 bits per heavy atom. The van der Waals surface area contributed by atoms with Gasteiger partial charge in [-0.2, -0.15) is 0 Å². The van der Waals surface area contributed by atoms with E-state index < -0.39 is 5.41 Å². The molecule has 1 aliphatic heterocycles. The Kier molecular flexibility index (Phi) is 6.35. The molecule has 4 nitrogen and oxygen atoms in total. The molecule has 0 aromatic heterocycles. The van der Waals surface area contributed by atoms with Crippen LogP contribution in [0.3, 0.4) is 0 Å². The lowest BCUT2D eigenvalue weighted by atomic mass is 9.83. The van der Waals surface area contributed by atoms with Gasteiger partial charge >= 0.3 is 0 Å². The Bertz CT molecular complexity index is 553. The van der Waals surface area contributed by atoms with E-state index in [1.165, 1.54) is 6.07 Å². The van der Waals surface area contributed by atoms with Gasteiger partial charge in [-0.05, 0) is 39.9 Å². The van der Waals surface area contributed by atoms with E-state index in [1.54, 1.807) is 36.9 Å². The van der Waals surface area contributed by atoms with Crippen molar-refractivity contribution in [3.8, 4) is 0 Å². The van der Waals surface area contributed by atoms with Crippen molar-refractivity contribution in [1.82, 2.24) is 14.7 Å². The van der Waals surface area contributed by atoms with Crippen molar-refractivity contribution in [2.24, 2.45) is 0 Å². The molecule has 0 N–H and O–H groups in total. The summed E-state index contributed by atoms with van der Waals surface area (Å²) in [5.74, 6) is -0.354. The van der Waals surface area contributed by atoms with E-state index in [0.717, 1.165) is 39.1 Å². The second-order valence-corrected chi connectivity index (χ2v) is 7.33. The van der Waals surface area contributed by atoms with Crippen molar-refractivity contribution < 1.29 is 9.18 Å². The predicted octanol–water partition coefficient (Wildman–Crippen LogP) is 2.20. The Labute approximate surface area is 145 Å². The van der Waals surface area contributed by atoms with Crippen molar-refractivity contribution >= 4 is 5.91 Å². The summed E-state index contributed by atoms with van der Waals surface area (Å²) in [6, 6.07) is 6.54. The number of rotatable bonds is 6. The SMILES string of the molecule is CN1CCN(CCCN(C)C(=O)C(C)(C)c2ccccc2F)CC1. The van der Waals surface area contributed by atoms with E-state index in [1.807, 2.05) is 7.05 Å². The molecule has 1 aromatic rings. The van der Waals surface area contributed by atoms with E-state index in [0.29, 0.717) is 12.1 Å². The van der Waals surface area contributed by atoms with E-state index in [9.17, 15) is 9.18 Å². The average Bonchev–Trinajstić information content (AvgIpc) is 2.56. The maximum Gasteiger partial charge on any atom is 0.232 e. The van der Waals surface area contributed by atoms with Crippen molar-refractivity contribution in [1.29, 1.82) is 0 Å². The molecule has 1 heterocycles. The van der Waals surface area contributed by atoms with E-state index in [4.69, 9.17) is 0 Å². The van der Waals surface area contributed by atoms with E-state index in [-0.39, 0.29) is 11.7 Å². The van der Waals surface area contributed by atoms with Crippen LogP contribution in [0.1, 0.15) is 25.8 Å². The molecule has 0 saturated carbocycles. The summed E-state index contributed by atoms with van der Waals surface area (Å²) in [4.78, 5) is 19.3. The molecule has 0 unspecified atom stereocenters. The van der Waals surface area contributed by atoms with Gasteiger partial charge in [-0.1, -0.05) is 18.2 Å². The number of amides is 1. The summed E-state index contributed by atoms with van der Waals surface area (Å²) in [5.41, 5.74) is -0.394. The van der Waals surface area contributed by atoms with Gasteiger partial charge in [0.2, 0.25) is 5.91 Å². The smallest absolute Gasteiger partial charge is 0.232 e. The maximum absolute atomic E-state index is 14.1. The summed E-state index contributed by atoms with van der Waals surface area (Å²) in [6.45, 7) is 9.69. The second-order valence-electron chi connectivity index (χ2n) is 7.33. The second kappa shape index (κ2) is 8.08. The first-order valence-electron chi connectivity index (χ1n) is 8.74. The highest BCUT2D eigenvalue weighted by Crippen LogP contribution is 2.27. The Balaban J connectivity index is 1.86. The van der Waals surface area contributed by atoms with Crippen LogP contribution in [-0.4, -0.2) is 74.0 Å². The molecule has 0 bridgehead atoms. The minimum absolute atomic E-state index is 0.0361. The Morgan fingerprint density at radius 2 is 1.83 bits per heavy atom. The standard InChI is InChI=1S/C19H30FN3O/c1-19(2,16-8-5-6-9-17(16)20)18(24)22(4)10-7-11-23-14-12-21(3)13-15-23/h5-6,8-9H,7,10-15H2,1-4H3. The van der Waals surface area contributed by atoms with Gasteiger partial charge in [0.1, 0.15) is 5.82 Å². The number of hydrogen-bond acceptors (Lipinski definition) is 3. The van der Waals surface area contributed by atoms with Crippen molar-refractivity contribution in [2.45, 2.75) is 25.7 Å². The first-order chi connectivity index (χ1) is 11.3. The zero-order chi connectivity index (χ0) is 17.7. The van der Waals surface area contributed by atoms with Crippen LogP contribution in [0.15, 0.2) is 24.3 Å². The minimum atomic E-state index is -0.853. The summed E-state index contributed by atoms with van der Waals surface area (Å²) < 4.78 is 14.1. The fraction of sp³-hybridized carbons (Fsp3) is 0.632. The molecule has 0 radical (unpaired) electrons. The Hall–Kier alpha value is -1.46. The molecule has 0 atom stereocenters. The number of nitrogens with zero attached hydrogens (tertiary/aromatic N) is 3.